The van der Waals surface area contributed by atoms with E-state index >= 15 is 0 Å². The van der Waals surface area contributed by atoms with Crippen LogP contribution in [0.1, 0.15) is 64.1 Å². The lowest BCUT2D eigenvalue weighted by molar-refractivity contribution is -0.385. The summed E-state index contributed by atoms with van der Waals surface area (Å²) < 4.78 is 18.8. The first kappa shape index (κ1) is 29.7. The van der Waals surface area contributed by atoms with Gasteiger partial charge in [-0.2, -0.15) is 0 Å². The van der Waals surface area contributed by atoms with Gasteiger partial charge in [-0.3, -0.25) is 19.5 Å². The zero-order valence-corrected chi connectivity index (χ0v) is 24.5. The van der Waals surface area contributed by atoms with E-state index in [1.165, 1.54) is 23.8 Å². The largest absolute Gasteiger partial charge is 0.493 e. The number of nitrogens with zero attached hydrogens (tertiary/aromatic N) is 3. The van der Waals surface area contributed by atoms with E-state index in [1.807, 2.05) is 0 Å². The van der Waals surface area contributed by atoms with Crippen molar-refractivity contribution in [3.63, 3.8) is 0 Å². The van der Waals surface area contributed by atoms with Crippen LogP contribution in [0.3, 0.4) is 0 Å². The summed E-state index contributed by atoms with van der Waals surface area (Å²) in [6.07, 6.45) is 4.12. The zero-order chi connectivity index (χ0) is 29.7. The average molecular weight is 580 g/mol. The van der Waals surface area contributed by atoms with Crippen molar-refractivity contribution in [3.05, 3.63) is 94.7 Å². The number of rotatable bonds is 11. The van der Waals surface area contributed by atoms with E-state index in [0.717, 1.165) is 30.6 Å². The molecule has 10 nitrogen and oxygen atoms in total. The highest BCUT2D eigenvalue weighted by Gasteiger charge is 2.34. The highest BCUT2D eigenvalue weighted by molar-refractivity contribution is 7.07. The Labute approximate surface area is 241 Å². The molecule has 0 amide bonds. The molecule has 3 aromatic rings. The average Bonchev–Trinajstić information content (AvgIpc) is 3.24. The van der Waals surface area contributed by atoms with E-state index in [0.29, 0.717) is 39.7 Å². The normalized spacial score (nSPS) is 15.0. The number of thiazole rings is 1. The minimum Gasteiger partial charge on any atom is -0.493 e. The molecule has 1 aromatic heterocycles. The molecule has 1 unspecified atom stereocenters. The minimum atomic E-state index is -0.867. The topological polar surface area (TPSA) is 122 Å². The lowest BCUT2D eigenvalue weighted by Gasteiger charge is -2.26. The maximum atomic E-state index is 13.9. The number of methoxy groups -OCH3 is 1. The van der Waals surface area contributed by atoms with Crippen molar-refractivity contribution in [2.24, 2.45) is 4.99 Å². The number of nitro benzene ring substituents is 1. The maximum Gasteiger partial charge on any atom is 0.338 e. The SMILES string of the molecule is CCCCCOc1ccc(C2C(C(=O)OC(C)C)=C(C)N=c3s/c(=C\c4ccccc4[N+](=O)[O-])c(=O)n32)cc1OC. The van der Waals surface area contributed by atoms with Gasteiger partial charge in [-0.1, -0.05) is 49.3 Å². The molecule has 0 saturated heterocycles. The number of unbranched alkanes of at least 4 members (excludes halogenated alkanes) is 2. The third kappa shape index (κ3) is 6.40. The third-order valence-corrected chi connectivity index (χ3v) is 7.50. The van der Waals surface area contributed by atoms with Gasteiger partial charge in [0.05, 0.1) is 52.2 Å². The molecule has 0 spiro atoms. The Morgan fingerprint density at radius 3 is 2.63 bits per heavy atom. The summed E-state index contributed by atoms with van der Waals surface area (Å²) in [6.45, 7) is 7.85. The molecule has 0 radical (unpaired) electrons. The van der Waals surface area contributed by atoms with Crippen LogP contribution in [0.4, 0.5) is 5.69 Å². The van der Waals surface area contributed by atoms with Crippen LogP contribution in [0.25, 0.3) is 6.08 Å². The van der Waals surface area contributed by atoms with Crippen molar-refractivity contribution in [1.29, 1.82) is 0 Å². The van der Waals surface area contributed by atoms with Gasteiger partial charge in [0.1, 0.15) is 0 Å². The summed E-state index contributed by atoms with van der Waals surface area (Å²) in [5.41, 5.74) is 0.983. The second kappa shape index (κ2) is 12.9. The van der Waals surface area contributed by atoms with E-state index in [4.69, 9.17) is 14.2 Å². The highest BCUT2D eigenvalue weighted by atomic mass is 32.1. The van der Waals surface area contributed by atoms with Crippen molar-refractivity contribution < 1.29 is 23.9 Å². The van der Waals surface area contributed by atoms with E-state index in [9.17, 15) is 19.7 Å². The smallest absolute Gasteiger partial charge is 0.338 e. The minimum absolute atomic E-state index is 0.119. The van der Waals surface area contributed by atoms with E-state index < -0.39 is 22.5 Å². The number of esters is 1. The van der Waals surface area contributed by atoms with Gasteiger partial charge in [0.15, 0.2) is 16.3 Å². The lowest BCUT2D eigenvalue weighted by atomic mass is 9.95. The summed E-state index contributed by atoms with van der Waals surface area (Å²) in [5.74, 6) is 0.438. The molecular formula is C30H33N3O7S. The molecule has 2 aromatic carbocycles. The molecule has 0 bridgehead atoms. The molecule has 1 aliphatic heterocycles. The number of hydrogen-bond acceptors (Lipinski definition) is 9. The van der Waals surface area contributed by atoms with E-state index in [2.05, 4.69) is 11.9 Å². The molecule has 216 valence electrons. The van der Waals surface area contributed by atoms with Gasteiger partial charge in [-0.15, -0.1) is 0 Å². The van der Waals surface area contributed by atoms with Crippen LogP contribution in [-0.2, 0) is 9.53 Å². The predicted molar refractivity (Wildman–Crippen MR) is 156 cm³/mol. The fourth-order valence-electron chi connectivity index (χ4n) is 4.60. The van der Waals surface area contributed by atoms with Crippen LogP contribution in [0.2, 0.25) is 0 Å². The molecule has 2 heterocycles. The van der Waals surface area contributed by atoms with Crippen LogP contribution in [-0.4, -0.2) is 35.3 Å². The third-order valence-electron chi connectivity index (χ3n) is 6.51. The molecule has 1 atom stereocenters. The van der Waals surface area contributed by atoms with Crippen LogP contribution in [0.15, 0.2) is 63.5 Å². The number of para-hydroxylation sites is 1. The second-order valence-electron chi connectivity index (χ2n) is 9.82. The quantitative estimate of drug-likeness (QED) is 0.140. The maximum absolute atomic E-state index is 13.9. The summed E-state index contributed by atoms with van der Waals surface area (Å²) in [4.78, 5) is 43.3. The van der Waals surface area contributed by atoms with Crippen LogP contribution < -0.4 is 24.4 Å². The van der Waals surface area contributed by atoms with Crippen LogP contribution in [0, 0.1) is 10.1 Å². The van der Waals surface area contributed by atoms with Gasteiger partial charge in [0.25, 0.3) is 11.2 Å². The Kier molecular flexibility index (Phi) is 9.38. The van der Waals surface area contributed by atoms with Crippen molar-refractivity contribution >= 4 is 29.1 Å². The van der Waals surface area contributed by atoms with Gasteiger partial charge in [-0.05, 0) is 57.0 Å². The lowest BCUT2D eigenvalue weighted by Crippen LogP contribution is -2.40. The number of aromatic nitrogens is 1. The molecule has 1 aliphatic rings. The van der Waals surface area contributed by atoms with E-state index in [1.54, 1.807) is 57.2 Å². The molecule has 0 saturated carbocycles. The number of carbonyl (C=O) groups excluding carboxylic acids is 1. The van der Waals surface area contributed by atoms with Gasteiger partial charge >= 0.3 is 5.97 Å². The monoisotopic (exact) mass is 579 g/mol. The number of carbonyl (C=O) groups is 1. The van der Waals surface area contributed by atoms with Crippen LogP contribution >= 0.6 is 11.3 Å². The van der Waals surface area contributed by atoms with E-state index in [-0.39, 0.29) is 21.9 Å². The fraction of sp³-hybridized carbons (Fsp3) is 0.367. The Hall–Kier alpha value is -4.25. The predicted octanol–water partition coefficient (Wildman–Crippen LogP) is 4.67. The van der Waals surface area contributed by atoms with Crippen molar-refractivity contribution in [2.45, 2.75) is 59.1 Å². The summed E-state index contributed by atoms with van der Waals surface area (Å²) in [6, 6.07) is 10.6. The Bertz CT molecular complexity index is 1670. The second-order valence-corrected chi connectivity index (χ2v) is 10.8. The number of hydrogen-bond donors (Lipinski definition) is 0. The number of allylic oxidation sites excluding steroid dienone is 1. The first-order valence-electron chi connectivity index (χ1n) is 13.4. The fourth-order valence-corrected chi connectivity index (χ4v) is 5.64. The first-order valence-corrected chi connectivity index (χ1v) is 14.3. The number of nitro groups is 1. The van der Waals surface area contributed by atoms with Gasteiger partial charge in [0.2, 0.25) is 0 Å². The molecule has 0 aliphatic carbocycles. The van der Waals surface area contributed by atoms with Crippen LogP contribution in [0.5, 0.6) is 11.5 Å². The molecule has 11 heteroatoms. The van der Waals surface area contributed by atoms with Crippen molar-refractivity contribution in [3.8, 4) is 11.5 Å². The summed E-state index contributed by atoms with van der Waals surface area (Å²) in [5, 5.41) is 11.6. The Morgan fingerprint density at radius 2 is 1.95 bits per heavy atom. The molecule has 41 heavy (non-hydrogen) atoms. The summed E-state index contributed by atoms with van der Waals surface area (Å²) >= 11 is 1.10. The molecule has 4 rings (SSSR count). The van der Waals surface area contributed by atoms with Gasteiger partial charge < -0.3 is 14.2 Å². The molecular weight excluding hydrogens is 546 g/mol. The zero-order valence-electron chi connectivity index (χ0n) is 23.7. The highest BCUT2D eigenvalue weighted by Crippen LogP contribution is 2.36. The number of benzene rings is 2. The molecule has 0 N–H and O–H groups in total. The molecule has 0 fully saturated rings. The Morgan fingerprint density at radius 1 is 1.20 bits per heavy atom. The van der Waals surface area contributed by atoms with Gasteiger partial charge in [-0.25, -0.2) is 9.79 Å². The summed E-state index contributed by atoms with van der Waals surface area (Å²) in [7, 11) is 1.53. The van der Waals surface area contributed by atoms with Crippen molar-refractivity contribution in [1.82, 2.24) is 4.57 Å². The standard InChI is InChI=1S/C30H33N3O7S/c1-6-7-10-15-39-23-14-13-21(16-24(23)38-5)27-26(29(35)40-18(2)3)19(4)31-30-32(27)28(34)25(41-30)17-20-11-8-9-12-22(20)33(36)37/h8-9,11-14,16-18,27H,6-7,10,15H2,1-5H3/b25-17-. The van der Waals surface area contributed by atoms with Crippen molar-refractivity contribution in [2.75, 3.05) is 13.7 Å². The Balaban J connectivity index is 1.89. The van der Waals surface area contributed by atoms with Gasteiger partial charge in [0, 0.05) is 6.07 Å². The first-order chi connectivity index (χ1) is 19.7. The number of fused-ring (bicyclic) bond motifs is 1. The number of ether oxygens (including phenoxy) is 3.